The molecule has 1 atom stereocenters. The molecule has 0 radical (unpaired) electrons. The monoisotopic (exact) mass is 196 g/mol. The summed E-state index contributed by atoms with van der Waals surface area (Å²) in [5.74, 6) is -0.163. The minimum absolute atomic E-state index is 0.0565. The highest BCUT2D eigenvalue weighted by Crippen LogP contribution is 2.40. The topological polar surface area (TPSA) is 43.4 Å². The number of rotatable bonds is 1. The largest absolute Gasteiger partial charge is 0.369 e. The lowest BCUT2D eigenvalue weighted by atomic mass is 9.65. The first-order valence-corrected chi connectivity index (χ1v) is 4.60. The molecule has 1 aliphatic carbocycles. The van der Waals surface area contributed by atoms with E-state index < -0.39 is 11.0 Å². The van der Waals surface area contributed by atoms with Crippen LogP contribution in [0.5, 0.6) is 0 Å². The Morgan fingerprint density at radius 3 is 2.14 bits per heavy atom. The van der Waals surface area contributed by atoms with Gasteiger partial charge in [0, 0.05) is 7.11 Å². The number of allylic oxidation sites excluding steroid dienone is 1. The molecule has 3 nitrogen and oxygen atoms in total. The summed E-state index contributed by atoms with van der Waals surface area (Å²) in [4.78, 5) is 23.6. The van der Waals surface area contributed by atoms with Gasteiger partial charge in [-0.2, -0.15) is 0 Å². The zero-order chi connectivity index (χ0) is 11.1. The van der Waals surface area contributed by atoms with Crippen LogP contribution < -0.4 is 0 Å². The van der Waals surface area contributed by atoms with Gasteiger partial charge in [-0.15, -0.1) is 0 Å². The number of ether oxygens (including phenoxy) is 1. The molecule has 3 heteroatoms. The van der Waals surface area contributed by atoms with E-state index in [-0.39, 0.29) is 11.6 Å². The molecule has 0 aliphatic heterocycles. The van der Waals surface area contributed by atoms with Crippen LogP contribution in [0.15, 0.2) is 11.6 Å². The Labute approximate surface area is 84.1 Å². The molecule has 1 rings (SSSR count). The average Bonchev–Trinajstić information content (AvgIpc) is 2.12. The summed E-state index contributed by atoms with van der Waals surface area (Å²) in [6.07, 6.45) is 1.41. The van der Waals surface area contributed by atoms with Crippen molar-refractivity contribution in [2.24, 2.45) is 5.41 Å². The lowest BCUT2D eigenvalue weighted by Gasteiger charge is -2.42. The Kier molecular flexibility index (Phi) is 2.40. The highest BCUT2D eigenvalue weighted by atomic mass is 16.5. The van der Waals surface area contributed by atoms with Crippen molar-refractivity contribution in [1.82, 2.24) is 0 Å². The zero-order valence-electron chi connectivity index (χ0n) is 9.30. The fourth-order valence-electron chi connectivity index (χ4n) is 1.69. The minimum Gasteiger partial charge on any atom is -0.369 e. The first kappa shape index (κ1) is 11.1. The summed E-state index contributed by atoms with van der Waals surface area (Å²) in [6.45, 7) is 6.79. The van der Waals surface area contributed by atoms with Crippen molar-refractivity contribution in [2.45, 2.75) is 33.3 Å². The smallest absolute Gasteiger partial charge is 0.191 e. The molecule has 0 aromatic carbocycles. The maximum absolute atomic E-state index is 11.9. The summed E-state index contributed by atoms with van der Waals surface area (Å²) in [7, 11) is 1.46. The van der Waals surface area contributed by atoms with E-state index in [0.29, 0.717) is 5.57 Å². The van der Waals surface area contributed by atoms with Crippen molar-refractivity contribution in [2.75, 3.05) is 7.11 Å². The van der Waals surface area contributed by atoms with Gasteiger partial charge in [-0.3, -0.25) is 9.59 Å². The summed E-state index contributed by atoms with van der Waals surface area (Å²) in [5.41, 5.74) is -1.36. The molecule has 0 heterocycles. The van der Waals surface area contributed by atoms with E-state index in [9.17, 15) is 9.59 Å². The molecule has 0 spiro atoms. The van der Waals surface area contributed by atoms with Gasteiger partial charge in [-0.05, 0) is 39.3 Å². The predicted octanol–water partition coefficient (Wildman–Crippen LogP) is 1.52. The van der Waals surface area contributed by atoms with Gasteiger partial charge in [-0.1, -0.05) is 0 Å². The van der Waals surface area contributed by atoms with Gasteiger partial charge in [0.2, 0.25) is 0 Å². The highest BCUT2D eigenvalue weighted by molar-refractivity contribution is 6.15. The summed E-state index contributed by atoms with van der Waals surface area (Å²) in [5, 5.41) is 0. The van der Waals surface area contributed by atoms with E-state index in [1.807, 2.05) is 0 Å². The highest BCUT2D eigenvalue weighted by Gasteiger charge is 2.54. The second kappa shape index (κ2) is 3.02. The SMILES string of the molecule is COC1(C)C(=O)C(C)=CC(=O)C1(C)C. The maximum atomic E-state index is 11.9. The van der Waals surface area contributed by atoms with Crippen molar-refractivity contribution in [3.63, 3.8) is 0 Å². The van der Waals surface area contributed by atoms with E-state index in [1.54, 1.807) is 27.7 Å². The van der Waals surface area contributed by atoms with Gasteiger partial charge in [0.05, 0.1) is 5.41 Å². The van der Waals surface area contributed by atoms with Crippen LogP contribution in [0.3, 0.4) is 0 Å². The van der Waals surface area contributed by atoms with E-state index >= 15 is 0 Å². The lowest BCUT2D eigenvalue weighted by molar-refractivity contribution is -0.160. The summed E-state index contributed by atoms with van der Waals surface area (Å²) in [6, 6.07) is 0. The van der Waals surface area contributed by atoms with Gasteiger partial charge < -0.3 is 4.74 Å². The van der Waals surface area contributed by atoms with Crippen molar-refractivity contribution >= 4 is 11.6 Å². The predicted molar refractivity (Wildman–Crippen MR) is 53.0 cm³/mol. The first-order chi connectivity index (χ1) is 6.27. The molecule has 14 heavy (non-hydrogen) atoms. The van der Waals surface area contributed by atoms with Gasteiger partial charge in [-0.25, -0.2) is 0 Å². The second-order valence-corrected chi connectivity index (χ2v) is 4.38. The van der Waals surface area contributed by atoms with E-state index in [2.05, 4.69) is 0 Å². The molecule has 0 aromatic heterocycles. The van der Waals surface area contributed by atoms with Gasteiger partial charge >= 0.3 is 0 Å². The van der Waals surface area contributed by atoms with Crippen LogP contribution in [0.25, 0.3) is 0 Å². The van der Waals surface area contributed by atoms with Crippen molar-refractivity contribution in [3.8, 4) is 0 Å². The average molecular weight is 196 g/mol. The summed E-state index contributed by atoms with van der Waals surface area (Å²) < 4.78 is 5.24. The van der Waals surface area contributed by atoms with Crippen LogP contribution in [0.1, 0.15) is 27.7 Å². The molecule has 1 unspecified atom stereocenters. The Hall–Kier alpha value is -0.960. The molecule has 0 saturated carbocycles. The Morgan fingerprint density at radius 2 is 1.71 bits per heavy atom. The fourth-order valence-corrected chi connectivity index (χ4v) is 1.69. The first-order valence-electron chi connectivity index (χ1n) is 4.60. The number of carbonyl (C=O) groups excluding carboxylic acids is 2. The number of methoxy groups -OCH3 is 1. The molecule has 0 bridgehead atoms. The number of hydrogen-bond donors (Lipinski definition) is 0. The van der Waals surface area contributed by atoms with E-state index in [1.165, 1.54) is 13.2 Å². The minimum atomic E-state index is -1.04. The normalized spacial score (nSPS) is 31.6. The van der Waals surface area contributed by atoms with Gasteiger partial charge in [0.15, 0.2) is 11.6 Å². The molecular formula is C11H16O3. The standard InChI is InChI=1S/C11H16O3/c1-7-6-8(12)10(2,3)11(4,14-5)9(7)13/h6H,1-5H3. The zero-order valence-corrected chi connectivity index (χ0v) is 9.30. The van der Waals surface area contributed by atoms with E-state index in [4.69, 9.17) is 4.74 Å². The molecule has 0 saturated heterocycles. The van der Waals surface area contributed by atoms with Crippen molar-refractivity contribution in [3.05, 3.63) is 11.6 Å². The van der Waals surface area contributed by atoms with Crippen molar-refractivity contribution in [1.29, 1.82) is 0 Å². The van der Waals surface area contributed by atoms with Crippen LogP contribution in [0.4, 0.5) is 0 Å². The molecule has 78 valence electrons. The molecule has 0 fully saturated rings. The Balaban J connectivity index is 3.37. The summed E-state index contributed by atoms with van der Waals surface area (Å²) >= 11 is 0. The third-order valence-electron chi connectivity index (χ3n) is 3.36. The Bertz CT molecular complexity index is 325. The van der Waals surface area contributed by atoms with Crippen LogP contribution in [0.2, 0.25) is 0 Å². The quantitative estimate of drug-likeness (QED) is 0.638. The number of ketones is 2. The third kappa shape index (κ3) is 1.16. The lowest BCUT2D eigenvalue weighted by Crippen LogP contribution is -2.56. The molecular weight excluding hydrogens is 180 g/mol. The second-order valence-electron chi connectivity index (χ2n) is 4.38. The molecule has 0 amide bonds. The molecule has 1 aliphatic rings. The number of Topliss-reactive ketones (excluding diaryl/α,β-unsaturated/α-hetero) is 1. The molecule has 0 aromatic rings. The van der Waals surface area contributed by atoms with E-state index in [0.717, 1.165) is 0 Å². The van der Waals surface area contributed by atoms with Crippen molar-refractivity contribution < 1.29 is 14.3 Å². The van der Waals surface area contributed by atoms with Crippen LogP contribution >= 0.6 is 0 Å². The third-order valence-corrected chi connectivity index (χ3v) is 3.36. The Morgan fingerprint density at radius 1 is 1.21 bits per heavy atom. The number of carbonyl (C=O) groups is 2. The number of hydrogen-bond acceptors (Lipinski definition) is 3. The van der Waals surface area contributed by atoms with Crippen LogP contribution in [-0.2, 0) is 14.3 Å². The molecule has 0 N–H and O–H groups in total. The van der Waals surface area contributed by atoms with Crippen LogP contribution in [-0.4, -0.2) is 24.3 Å². The fraction of sp³-hybridized carbons (Fsp3) is 0.636. The van der Waals surface area contributed by atoms with Gasteiger partial charge in [0.25, 0.3) is 0 Å². The van der Waals surface area contributed by atoms with Gasteiger partial charge in [0.1, 0.15) is 5.60 Å². The van der Waals surface area contributed by atoms with Crippen LogP contribution in [0, 0.1) is 5.41 Å². The maximum Gasteiger partial charge on any atom is 0.191 e.